The smallest absolute Gasteiger partial charge is 0.260 e. The Morgan fingerprint density at radius 2 is 1.86 bits per heavy atom. The molecule has 0 bridgehead atoms. The molecule has 2 amide bonds. The molecule has 142 valence electrons. The number of carbonyl (C=O) groups excluding carboxylic acids is 2. The summed E-state index contributed by atoms with van der Waals surface area (Å²) < 4.78 is 13.2. The molecule has 1 fully saturated rings. The van der Waals surface area contributed by atoms with Gasteiger partial charge in [0.2, 0.25) is 5.91 Å². The third kappa shape index (κ3) is 3.75. The number of nitrogens with zero attached hydrogens (tertiary/aromatic N) is 3. The van der Waals surface area contributed by atoms with Crippen LogP contribution in [0.3, 0.4) is 0 Å². The maximum absolute atomic E-state index is 13.2. The average molecular weight is 395 g/mol. The molecule has 1 atom stereocenters. The van der Waals surface area contributed by atoms with E-state index in [1.807, 2.05) is 24.3 Å². The van der Waals surface area contributed by atoms with E-state index >= 15 is 0 Å². The highest BCUT2D eigenvalue weighted by molar-refractivity contribution is 8.00. The van der Waals surface area contributed by atoms with Gasteiger partial charge in [-0.25, -0.2) is 14.4 Å². The van der Waals surface area contributed by atoms with Crippen LogP contribution in [0.2, 0.25) is 0 Å². The number of likely N-dealkylation sites (tertiary alicyclic amines) is 1. The molecule has 0 aliphatic carbocycles. The Balaban J connectivity index is 1.60. The Labute approximate surface area is 166 Å². The van der Waals surface area contributed by atoms with Crippen molar-refractivity contribution in [2.75, 3.05) is 6.54 Å². The number of para-hydroxylation sites is 1. The molecule has 1 aliphatic heterocycles. The van der Waals surface area contributed by atoms with Gasteiger partial charge in [-0.05, 0) is 43.2 Å². The van der Waals surface area contributed by atoms with Crippen molar-refractivity contribution in [3.63, 3.8) is 0 Å². The van der Waals surface area contributed by atoms with Crippen LogP contribution in [0.15, 0.2) is 59.9 Å². The number of hydrogen-bond donors (Lipinski definition) is 0. The summed E-state index contributed by atoms with van der Waals surface area (Å²) in [5, 5.41) is 1.23. The van der Waals surface area contributed by atoms with Gasteiger partial charge >= 0.3 is 0 Å². The number of amides is 2. The lowest BCUT2D eigenvalue weighted by atomic mass is 10.2. The van der Waals surface area contributed by atoms with Crippen molar-refractivity contribution in [3.05, 3.63) is 66.2 Å². The molecule has 1 saturated heterocycles. The first-order valence-electron chi connectivity index (χ1n) is 9.11. The molecule has 2 aromatic carbocycles. The zero-order valence-corrected chi connectivity index (χ0v) is 15.9. The number of benzene rings is 2. The summed E-state index contributed by atoms with van der Waals surface area (Å²) in [5.74, 6) is -1.02. The van der Waals surface area contributed by atoms with Gasteiger partial charge in [-0.15, -0.1) is 0 Å². The summed E-state index contributed by atoms with van der Waals surface area (Å²) in [6, 6.07) is 12.9. The van der Waals surface area contributed by atoms with Crippen LogP contribution in [0.1, 0.15) is 29.6 Å². The molecule has 2 heterocycles. The van der Waals surface area contributed by atoms with E-state index in [1.165, 1.54) is 47.3 Å². The van der Waals surface area contributed by atoms with Gasteiger partial charge in [0, 0.05) is 17.5 Å². The highest BCUT2D eigenvalue weighted by atomic mass is 32.2. The predicted molar refractivity (Wildman–Crippen MR) is 105 cm³/mol. The van der Waals surface area contributed by atoms with E-state index in [-0.39, 0.29) is 11.8 Å². The van der Waals surface area contributed by atoms with E-state index in [4.69, 9.17) is 0 Å². The predicted octanol–water partition coefficient (Wildman–Crippen LogP) is 4.08. The van der Waals surface area contributed by atoms with Crippen LogP contribution in [0, 0.1) is 5.82 Å². The zero-order chi connectivity index (χ0) is 19.5. The number of aromatic nitrogens is 2. The van der Waals surface area contributed by atoms with Crippen molar-refractivity contribution < 1.29 is 14.0 Å². The molecule has 0 radical (unpaired) electrons. The van der Waals surface area contributed by atoms with E-state index in [2.05, 4.69) is 9.97 Å². The number of hydrogen-bond acceptors (Lipinski definition) is 5. The van der Waals surface area contributed by atoms with Gasteiger partial charge in [0.05, 0.1) is 10.8 Å². The standard InChI is InChI=1S/C21H18FN3O2S/c22-15-10-8-14(9-11-15)20(26)25-12-4-3-7-18(21(25)27)28-19-16-5-1-2-6-17(16)23-13-24-19/h1-2,5-6,8-11,13,18H,3-4,7,12H2/t18-/m1/s1. The summed E-state index contributed by atoms with van der Waals surface area (Å²) in [7, 11) is 0. The third-order valence-electron chi connectivity index (χ3n) is 4.74. The maximum Gasteiger partial charge on any atom is 0.260 e. The fourth-order valence-electron chi connectivity index (χ4n) is 3.28. The van der Waals surface area contributed by atoms with Crippen LogP contribution in [0.5, 0.6) is 0 Å². The van der Waals surface area contributed by atoms with Gasteiger partial charge in [-0.2, -0.15) is 0 Å². The van der Waals surface area contributed by atoms with Crippen LogP contribution in [0.25, 0.3) is 10.9 Å². The molecule has 4 rings (SSSR count). The van der Waals surface area contributed by atoms with Gasteiger partial charge in [-0.3, -0.25) is 14.5 Å². The number of thioether (sulfide) groups is 1. The first-order chi connectivity index (χ1) is 13.6. The molecule has 0 unspecified atom stereocenters. The second kappa shape index (κ2) is 8.06. The van der Waals surface area contributed by atoms with Crippen LogP contribution >= 0.6 is 11.8 Å². The summed E-state index contributed by atoms with van der Waals surface area (Å²) in [6.07, 6.45) is 3.77. The van der Waals surface area contributed by atoms with Crippen LogP contribution in [-0.2, 0) is 4.79 Å². The molecular formula is C21H18FN3O2S. The Morgan fingerprint density at radius 1 is 1.07 bits per heavy atom. The third-order valence-corrected chi connectivity index (χ3v) is 6.01. The second-order valence-corrected chi connectivity index (χ2v) is 7.79. The fraction of sp³-hybridized carbons (Fsp3) is 0.238. The second-order valence-electron chi connectivity index (χ2n) is 6.60. The molecule has 0 N–H and O–H groups in total. The minimum Gasteiger partial charge on any atom is -0.278 e. The van der Waals surface area contributed by atoms with E-state index in [0.717, 1.165) is 28.8 Å². The summed E-state index contributed by atoms with van der Waals surface area (Å²) in [6.45, 7) is 0.372. The molecule has 5 nitrogen and oxygen atoms in total. The number of imide groups is 1. The minimum absolute atomic E-state index is 0.223. The maximum atomic E-state index is 13.2. The quantitative estimate of drug-likeness (QED) is 0.494. The lowest BCUT2D eigenvalue weighted by Crippen LogP contribution is -2.41. The molecule has 28 heavy (non-hydrogen) atoms. The van der Waals surface area contributed by atoms with E-state index in [1.54, 1.807) is 0 Å². The Morgan fingerprint density at radius 3 is 2.68 bits per heavy atom. The van der Waals surface area contributed by atoms with Gasteiger partial charge in [0.15, 0.2) is 0 Å². The minimum atomic E-state index is -0.414. The number of carbonyl (C=O) groups is 2. The average Bonchev–Trinajstić information content (AvgIpc) is 2.90. The largest absolute Gasteiger partial charge is 0.278 e. The van der Waals surface area contributed by atoms with Crippen LogP contribution < -0.4 is 0 Å². The molecule has 1 aromatic heterocycles. The Kier molecular flexibility index (Phi) is 5.34. The van der Waals surface area contributed by atoms with Crippen molar-refractivity contribution in [2.24, 2.45) is 0 Å². The van der Waals surface area contributed by atoms with E-state index < -0.39 is 11.1 Å². The first kappa shape index (κ1) is 18.6. The monoisotopic (exact) mass is 395 g/mol. The van der Waals surface area contributed by atoms with Crippen molar-refractivity contribution >= 4 is 34.5 Å². The van der Waals surface area contributed by atoms with Crippen molar-refractivity contribution in [1.82, 2.24) is 14.9 Å². The highest BCUT2D eigenvalue weighted by Crippen LogP contribution is 2.33. The first-order valence-corrected chi connectivity index (χ1v) is 9.99. The van der Waals surface area contributed by atoms with E-state index in [0.29, 0.717) is 18.5 Å². The van der Waals surface area contributed by atoms with Crippen LogP contribution in [0.4, 0.5) is 4.39 Å². The highest BCUT2D eigenvalue weighted by Gasteiger charge is 2.32. The van der Waals surface area contributed by atoms with Crippen molar-refractivity contribution in [2.45, 2.75) is 29.5 Å². The molecule has 3 aromatic rings. The summed E-state index contributed by atoms with van der Waals surface area (Å²) in [4.78, 5) is 35.9. The van der Waals surface area contributed by atoms with Crippen LogP contribution in [-0.4, -0.2) is 38.5 Å². The number of rotatable bonds is 3. The van der Waals surface area contributed by atoms with Crippen molar-refractivity contribution in [3.8, 4) is 0 Å². The molecule has 7 heteroatoms. The summed E-state index contributed by atoms with van der Waals surface area (Å²) >= 11 is 1.38. The Bertz CT molecular complexity index is 1020. The Hall–Kier alpha value is -2.80. The summed E-state index contributed by atoms with van der Waals surface area (Å²) in [5.41, 5.74) is 1.13. The van der Waals surface area contributed by atoms with Gasteiger partial charge < -0.3 is 0 Å². The molecule has 0 spiro atoms. The lowest BCUT2D eigenvalue weighted by Gasteiger charge is -2.22. The number of halogens is 1. The van der Waals surface area contributed by atoms with Crippen molar-refractivity contribution in [1.29, 1.82) is 0 Å². The SMILES string of the molecule is O=C(c1ccc(F)cc1)N1CCCC[C@@H](Sc2ncnc3ccccc23)C1=O. The normalized spacial score (nSPS) is 17.5. The molecular weight excluding hydrogens is 377 g/mol. The van der Waals surface area contributed by atoms with Gasteiger partial charge in [0.25, 0.3) is 5.91 Å². The fourth-order valence-corrected chi connectivity index (χ4v) is 4.46. The molecule has 0 saturated carbocycles. The molecule has 1 aliphatic rings. The zero-order valence-electron chi connectivity index (χ0n) is 15.0. The topological polar surface area (TPSA) is 63.2 Å². The number of fused-ring (bicyclic) bond motifs is 1. The lowest BCUT2D eigenvalue weighted by molar-refractivity contribution is -0.127. The van der Waals surface area contributed by atoms with E-state index in [9.17, 15) is 14.0 Å². The van der Waals surface area contributed by atoms with Gasteiger partial charge in [-0.1, -0.05) is 36.4 Å². The van der Waals surface area contributed by atoms with Gasteiger partial charge in [0.1, 0.15) is 17.2 Å².